The summed E-state index contributed by atoms with van der Waals surface area (Å²) in [4.78, 5) is 12.1. The van der Waals surface area contributed by atoms with Crippen LogP contribution in [0.3, 0.4) is 0 Å². The summed E-state index contributed by atoms with van der Waals surface area (Å²) in [6.45, 7) is 0. The van der Waals surface area contributed by atoms with E-state index in [2.05, 4.69) is 5.32 Å². The molecular formula is C12H8N2OS. The van der Waals surface area contributed by atoms with E-state index < -0.39 is 0 Å². The van der Waals surface area contributed by atoms with Gasteiger partial charge in [-0.1, -0.05) is 30.3 Å². The minimum Gasteiger partial charge on any atom is -0.267 e. The molecule has 4 heteroatoms. The van der Waals surface area contributed by atoms with Gasteiger partial charge in [0.15, 0.2) is 6.19 Å². The molecule has 0 radical (unpaired) electrons. The summed E-state index contributed by atoms with van der Waals surface area (Å²) in [5.74, 6) is -0.351. The third-order valence-corrected chi connectivity index (χ3v) is 3.04. The third-order valence-electron chi connectivity index (χ3n) is 2.13. The van der Waals surface area contributed by atoms with Crippen LogP contribution in [0.4, 0.5) is 0 Å². The van der Waals surface area contributed by atoms with Gasteiger partial charge in [0, 0.05) is 5.56 Å². The monoisotopic (exact) mass is 228 g/mol. The molecule has 16 heavy (non-hydrogen) atoms. The Labute approximate surface area is 97.0 Å². The fourth-order valence-corrected chi connectivity index (χ4v) is 2.25. The van der Waals surface area contributed by atoms with E-state index in [1.807, 2.05) is 41.8 Å². The van der Waals surface area contributed by atoms with Crippen molar-refractivity contribution in [1.29, 1.82) is 5.26 Å². The lowest BCUT2D eigenvalue weighted by molar-refractivity contribution is 0.0977. The summed E-state index contributed by atoms with van der Waals surface area (Å²) in [7, 11) is 0. The lowest BCUT2D eigenvalue weighted by Crippen LogP contribution is -2.16. The van der Waals surface area contributed by atoms with Crippen molar-refractivity contribution < 1.29 is 4.79 Å². The van der Waals surface area contributed by atoms with E-state index >= 15 is 0 Å². The van der Waals surface area contributed by atoms with E-state index in [-0.39, 0.29) is 5.91 Å². The van der Waals surface area contributed by atoms with Crippen LogP contribution >= 0.6 is 11.3 Å². The van der Waals surface area contributed by atoms with Crippen molar-refractivity contribution in [3.05, 3.63) is 46.7 Å². The maximum atomic E-state index is 11.6. The van der Waals surface area contributed by atoms with Gasteiger partial charge < -0.3 is 0 Å². The second-order valence-electron chi connectivity index (χ2n) is 3.10. The van der Waals surface area contributed by atoms with Gasteiger partial charge in [-0.2, -0.15) is 5.26 Å². The Bertz CT molecular complexity index is 540. The van der Waals surface area contributed by atoms with Crippen molar-refractivity contribution in [2.45, 2.75) is 0 Å². The van der Waals surface area contributed by atoms with Crippen molar-refractivity contribution in [3.8, 4) is 17.3 Å². The van der Waals surface area contributed by atoms with Gasteiger partial charge in [-0.15, -0.1) is 11.3 Å². The Morgan fingerprint density at radius 2 is 2.00 bits per heavy atom. The number of hydrogen-bond acceptors (Lipinski definition) is 3. The molecule has 0 atom stereocenters. The first-order valence-corrected chi connectivity index (χ1v) is 5.53. The Kier molecular flexibility index (Phi) is 2.99. The number of nitrogens with one attached hydrogen (secondary N) is 1. The van der Waals surface area contributed by atoms with Gasteiger partial charge in [-0.25, -0.2) is 0 Å². The maximum Gasteiger partial charge on any atom is 0.274 e. The molecule has 1 amide bonds. The van der Waals surface area contributed by atoms with Gasteiger partial charge in [0.25, 0.3) is 5.91 Å². The standard InChI is InChI=1S/C12H8N2OS/c13-8-14-12(15)11-10(6-7-16-11)9-4-2-1-3-5-9/h1-7H,(H,14,15). The molecule has 0 spiro atoms. The molecule has 78 valence electrons. The molecule has 0 unspecified atom stereocenters. The smallest absolute Gasteiger partial charge is 0.267 e. The number of thiophene rings is 1. The summed E-state index contributed by atoms with van der Waals surface area (Å²) in [5.41, 5.74) is 1.84. The molecule has 0 fully saturated rings. The Balaban J connectivity index is 2.41. The molecule has 1 heterocycles. The Hall–Kier alpha value is -2.12. The van der Waals surface area contributed by atoms with E-state index in [1.54, 1.807) is 6.19 Å². The van der Waals surface area contributed by atoms with Gasteiger partial charge in [-0.3, -0.25) is 10.1 Å². The number of nitrogens with zero attached hydrogens (tertiary/aromatic N) is 1. The number of hydrogen-bond donors (Lipinski definition) is 1. The predicted octanol–water partition coefficient (Wildman–Crippen LogP) is 2.63. The summed E-state index contributed by atoms with van der Waals surface area (Å²) in [5, 5.41) is 12.4. The van der Waals surface area contributed by atoms with Crippen molar-refractivity contribution >= 4 is 17.2 Å². The average Bonchev–Trinajstić information content (AvgIpc) is 2.79. The quantitative estimate of drug-likeness (QED) is 0.634. The van der Waals surface area contributed by atoms with Crippen LogP contribution in [-0.4, -0.2) is 5.91 Å². The van der Waals surface area contributed by atoms with Crippen molar-refractivity contribution in [3.63, 3.8) is 0 Å². The topological polar surface area (TPSA) is 52.9 Å². The summed E-state index contributed by atoms with van der Waals surface area (Å²) in [6, 6.07) is 11.5. The molecule has 2 rings (SSSR count). The number of benzene rings is 1. The van der Waals surface area contributed by atoms with Crippen LogP contribution < -0.4 is 5.32 Å². The van der Waals surface area contributed by atoms with E-state index in [9.17, 15) is 4.79 Å². The number of nitriles is 1. The molecule has 0 saturated carbocycles. The molecular weight excluding hydrogens is 220 g/mol. The van der Waals surface area contributed by atoms with Gasteiger partial charge in [0.05, 0.1) is 0 Å². The highest BCUT2D eigenvalue weighted by Crippen LogP contribution is 2.27. The first-order valence-electron chi connectivity index (χ1n) is 4.65. The van der Waals surface area contributed by atoms with Crippen LogP contribution in [0, 0.1) is 11.5 Å². The van der Waals surface area contributed by atoms with Crippen LogP contribution in [0.5, 0.6) is 0 Å². The Morgan fingerprint density at radius 1 is 1.25 bits per heavy atom. The minimum absolute atomic E-state index is 0.351. The highest BCUT2D eigenvalue weighted by Gasteiger charge is 2.13. The maximum absolute atomic E-state index is 11.6. The zero-order chi connectivity index (χ0) is 11.4. The van der Waals surface area contributed by atoms with Crippen molar-refractivity contribution in [2.75, 3.05) is 0 Å². The highest BCUT2D eigenvalue weighted by atomic mass is 32.1. The normalized spacial score (nSPS) is 9.44. The fourth-order valence-electron chi connectivity index (χ4n) is 1.44. The van der Waals surface area contributed by atoms with Gasteiger partial charge >= 0.3 is 0 Å². The number of amides is 1. The molecule has 0 aliphatic rings. The van der Waals surface area contributed by atoms with Crippen molar-refractivity contribution in [2.24, 2.45) is 0 Å². The largest absolute Gasteiger partial charge is 0.274 e. The third kappa shape index (κ3) is 1.95. The summed E-state index contributed by atoms with van der Waals surface area (Å²) < 4.78 is 0. The van der Waals surface area contributed by atoms with Crippen LogP contribution in [0.25, 0.3) is 11.1 Å². The van der Waals surface area contributed by atoms with E-state index in [0.717, 1.165) is 11.1 Å². The number of carbonyl (C=O) groups excluding carboxylic acids is 1. The lowest BCUT2D eigenvalue weighted by Gasteiger charge is -2.01. The molecule has 0 aliphatic heterocycles. The van der Waals surface area contributed by atoms with E-state index in [0.29, 0.717) is 4.88 Å². The second kappa shape index (κ2) is 4.60. The second-order valence-corrected chi connectivity index (χ2v) is 4.01. The van der Waals surface area contributed by atoms with Crippen LogP contribution in [0.2, 0.25) is 0 Å². The SMILES string of the molecule is N#CNC(=O)c1sccc1-c1ccccc1. The van der Waals surface area contributed by atoms with Crippen LogP contribution in [0.15, 0.2) is 41.8 Å². The summed E-state index contributed by atoms with van der Waals surface area (Å²) >= 11 is 1.33. The highest BCUT2D eigenvalue weighted by molar-refractivity contribution is 7.12. The molecule has 1 aromatic heterocycles. The van der Waals surface area contributed by atoms with Crippen molar-refractivity contribution in [1.82, 2.24) is 5.32 Å². The zero-order valence-electron chi connectivity index (χ0n) is 8.31. The minimum atomic E-state index is -0.351. The zero-order valence-corrected chi connectivity index (χ0v) is 9.12. The van der Waals surface area contributed by atoms with E-state index in [1.165, 1.54) is 11.3 Å². The molecule has 0 aliphatic carbocycles. The molecule has 1 N–H and O–H groups in total. The van der Waals surface area contributed by atoms with Gasteiger partial charge in [0.1, 0.15) is 4.88 Å². The number of rotatable bonds is 2. The van der Waals surface area contributed by atoms with Crippen LogP contribution in [0.1, 0.15) is 9.67 Å². The molecule has 0 saturated heterocycles. The molecule has 1 aromatic carbocycles. The lowest BCUT2D eigenvalue weighted by atomic mass is 10.1. The first kappa shape index (κ1) is 10.4. The van der Waals surface area contributed by atoms with E-state index in [4.69, 9.17) is 5.26 Å². The van der Waals surface area contributed by atoms with Gasteiger partial charge in [0.2, 0.25) is 0 Å². The summed E-state index contributed by atoms with van der Waals surface area (Å²) in [6.07, 6.45) is 1.64. The van der Waals surface area contributed by atoms with Crippen LogP contribution in [-0.2, 0) is 0 Å². The molecule has 0 bridgehead atoms. The Morgan fingerprint density at radius 3 is 2.69 bits per heavy atom. The molecule has 3 nitrogen and oxygen atoms in total. The van der Waals surface area contributed by atoms with Gasteiger partial charge in [-0.05, 0) is 17.0 Å². The fraction of sp³-hybridized carbons (Fsp3) is 0. The first-order chi connectivity index (χ1) is 7.83. The average molecular weight is 228 g/mol. The molecule has 2 aromatic rings. The predicted molar refractivity (Wildman–Crippen MR) is 62.8 cm³/mol. The number of carbonyl (C=O) groups is 1.